The van der Waals surface area contributed by atoms with E-state index in [4.69, 9.17) is 14.4 Å². The molecule has 11 rings (SSSR count). The molecule has 0 fully saturated rings. The Bertz CT molecular complexity index is 2960. The number of hydrogen-bond acceptors (Lipinski definition) is 3. The van der Waals surface area contributed by atoms with Gasteiger partial charge in [-0.05, 0) is 74.5 Å². The van der Waals surface area contributed by atoms with E-state index in [-0.39, 0.29) is 0 Å². The highest BCUT2D eigenvalue weighted by Crippen LogP contribution is 2.52. The fourth-order valence-corrected chi connectivity index (χ4v) is 8.09. The lowest BCUT2D eigenvalue weighted by Gasteiger charge is -2.14. The number of furan rings is 1. The monoisotopic (exact) mass is 648 g/mol. The van der Waals surface area contributed by atoms with Gasteiger partial charge < -0.3 is 4.42 Å². The molecule has 2 heterocycles. The van der Waals surface area contributed by atoms with Crippen molar-refractivity contribution in [1.29, 1.82) is 0 Å². The fourth-order valence-electron chi connectivity index (χ4n) is 8.09. The smallest absolute Gasteiger partial charge is 0.161 e. The minimum atomic E-state index is 0.713. The van der Waals surface area contributed by atoms with Gasteiger partial charge in [0, 0.05) is 38.2 Å². The average molecular weight is 649 g/mol. The summed E-state index contributed by atoms with van der Waals surface area (Å²) in [7, 11) is 0. The van der Waals surface area contributed by atoms with E-state index in [1.165, 1.54) is 44.2 Å². The van der Waals surface area contributed by atoms with Crippen molar-refractivity contribution in [1.82, 2.24) is 9.97 Å². The summed E-state index contributed by atoms with van der Waals surface area (Å²) in [4.78, 5) is 10.3. The van der Waals surface area contributed by atoms with Gasteiger partial charge in [0.2, 0.25) is 0 Å². The van der Waals surface area contributed by atoms with Crippen molar-refractivity contribution in [3.8, 4) is 67.3 Å². The molecule has 10 aromatic rings. The zero-order valence-electron chi connectivity index (χ0n) is 27.5. The second-order valence-corrected chi connectivity index (χ2v) is 13.3. The van der Waals surface area contributed by atoms with Crippen LogP contribution in [-0.4, -0.2) is 9.97 Å². The molecular weight excluding hydrogens is 621 g/mol. The number of nitrogens with zero attached hydrogens (tertiary/aromatic N) is 2. The molecule has 3 heteroatoms. The van der Waals surface area contributed by atoms with Gasteiger partial charge in [-0.15, -0.1) is 0 Å². The van der Waals surface area contributed by atoms with Gasteiger partial charge in [-0.2, -0.15) is 0 Å². The van der Waals surface area contributed by atoms with E-state index in [0.717, 1.165) is 60.8 Å². The SMILES string of the molecule is c1ccc(-c2cc(-c3ccccc3)nc(-c3ccc(-c4ccc5c(c4)-c4cc6c7ccccc7oc6c6cccc-5c46)c4ccccc34)n2)cc1. The minimum Gasteiger partial charge on any atom is -0.455 e. The Labute approximate surface area is 294 Å². The molecule has 0 atom stereocenters. The van der Waals surface area contributed by atoms with Crippen LogP contribution in [0.15, 0.2) is 174 Å². The molecule has 0 N–H and O–H groups in total. The summed E-state index contributed by atoms with van der Waals surface area (Å²) in [6, 6.07) is 60.1. The summed E-state index contributed by atoms with van der Waals surface area (Å²) in [6.07, 6.45) is 0. The van der Waals surface area contributed by atoms with Crippen LogP contribution in [0.1, 0.15) is 0 Å². The Balaban J connectivity index is 1.10. The first-order valence-corrected chi connectivity index (χ1v) is 17.3. The van der Waals surface area contributed by atoms with E-state index in [9.17, 15) is 0 Å². The number of fused-ring (bicyclic) bond motifs is 8. The van der Waals surface area contributed by atoms with Crippen molar-refractivity contribution in [2.24, 2.45) is 0 Å². The number of rotatable bonds is 4. The number of aromatic nitrogens is 2. The molecule has 236 valence electrons. The zero-order valence-corrected chi connectivity index (χ0v) is 27.5. The van der Waals surface area contributed by atoms with E-state index >= 15 is 0 Å². The third-order valence-electron chi connectivity index (χ3n) is 10.4. The van der Waals surface area contributed by atoms with Crippen LogP contribution < -0.4 is 0 Å². The van der Waals surface area contributed by atoms with Gasteiger partial charge in [0.1, 0.15) is 11.2 Å². The fraction of sp³-hybridized carbons (Fsp3) is 0. The second-order valence-electron chi connectivity index (χ2n) is 13.3. The lowest BCUT2D eigenvalue weighted by atomic mass is 9.92. The van der Waals surface area contributed by atoms with Gasteiger partial charge in [-0.3, -0.25) is 0 Å². The predicted octanol–water partition coefficient (Wildman–Crippen LogP) is 13.0. The van der Waals surface area contributed by atoms with Crippen molar-refractivity contribution in [3.63, 3.8) is 0 Å². The highest BCUT2D eigenvalue weighted by atomic mass is 16.3. The Morgan fingerprint density at radius 2 is 0.941 bits per heavy atom. The van der Waals surface area contributed by atoms with E-state index < -0.39 is 0 Å². The van der Waals surface area contributed by atoms with Crippen LogP contribution in [0, 0.1) is 0 Å². The maximum Gasteiger partial charge on any atom is 0.161 e. The van der Waals surface area contributed by atoms with Crippen molar-refractivity contribution >= 4 is 43.5 Å². The summed E-state index contributed by atoms with van der Waals surface area (Å²) >= 11 is 0. The second kappa shape index (κ2) is 10.8. The summed E-state index contributed by atoms with van der Waals surface area (Å²) < 4.78 is 6.45. The first-order chi connectivity index (χ1) is 25.3. The molecule has 3 nitrogen and oxygen atoms in total. The lowest BCUT2D eigenvalue weighted by Crippen LogP contribution is -1.97. The lowest BCUT2D eigenvalue weighted by molar-refractivity contribution is 0.672. The number of para-hydroxylation sites is 1. The van der Waals surface area contributed by atoms with Gasteiger partial charge in [0.15, 0.2) is 5.82 Å². The molecule has 0 amide bonds. The molecule has 1 aliphatic rings. The summed E-state index contributed by atoms with van der Waals surface area (Å²) in [5.74, 6) is 0.713. The van der Waals surface area contributed by atoms with Gasteiger partial charge in [-0.1, -0.05) is 140 Å². The third-order valence-corrected chi connectivity index (χ3v) is 10.4. The van der Waals surface area contributed by atoms with Gasteiger partial charge in [-0.25, -0.2) is 9.97 Å². The molecule has 0 radical (unpaired) electrons. The highest BCUT2D eigenvalue weighted by Gasteiger charge is 2.25. The summed E-state index contributed by atoms with van der Waals surface area (Å²) in [6.45, 7) is 0. The Hall–Kier alpha value is -6.84. The maximum atomic E-state index is 6.45. The minimum absolute atomic E-state index is 0.713. The average Bonchev–Trinajstić information content (AvgIpc) is 3.74. The standard InChI is InChI=1S/C48H28N2O/c1-3-12-29(13-4-1)43-28-44(30-14-5-2-6-15-30)50-48(49-43)38-25-24-32(33-16-7-8-17-34(33)38)31-22-23-35-37-19-11-20-39-46(37)41(40(35)26-31)27-42-36-18-9-10-21-45(36)51-47(39)42/h1-28H. The van der Waals surface area contributed by atoms with Crippen LogP contribution in [0.3, 0.4) is 0 Å². The van der Waals surface area contributed by atoms with E-state index in [0.29, 0.717) is 5.82 Å². The maximum absolute atomic E-state index is 6.45. The molecule has 51 heavy (non-hydrogen) atoms. The molecule has 0 unspecified atom stereocenters. The van der Waals surface area contributed by atoms with Gasteiger partial charge in [0.25, 0.3) is 0 Å². The molecule has 0 bridgehead atoms. The normalized spacial score (nSPS) is 11.9. The van der Waals surface area contributed by atoms with Gasteiger partial charge >= 0.3 is 0 Å². The number of hydrogen-bond donors (Lipinski definition) is 0. The van der Waals surface area contributed by atoms with Crippen LogP contribution >= 0.6 is 0 Å². The van der Waals surface area contributed by atoms with Crippen LogP contribution in [0.4, 0.5) is 0 Å². The van der Waals surface area contributed by atoms with Crippen LogP contribution in [0.25, 0.3) is 111 Å². The zero-order chi connectivity index (χ0) is 33.5. The molecule has 0 saturated carbocycles. The van der Waals surface area contributed by atoms with E-state index in [1.807, 2.05) is 18.2 Å². The molecule has 0 saturated heterocycles. The topological polar surface area (TPSA) is 38.9 Å². The van der Waals surface area contributed by atoms with Crippen molar-refractivity contribution in [2.45, 2.75) is 0 Å². The van der Waals surface area contributed by atoms with Crippen LogP contribution in [0.5, 0.6) is 0 Å². The van der Waals surface area contributed by atoms with E-state index in [1.54, 1.807) is 0 Å². The van der Waals surface area contributed by atoms with Crippen molar-refractivity contribution in [3.05, 3.63) is 170 Å². The van der Waals surface area contributed by atoms with E-state index in [2.05, 4.69) is 152 Å². The Kier molecular flexibility index (Phi) is 5.96. The van der Waals surface area contributed by atoms with Gasteiger partial charge in [0.05, 0.1) is 11.4 Å². The first kappa shape index (κ1) is 28.0. The molecule has 0 aliphatic heterocycles. The predicted molar refractivity (Wildman–Crippen MR) is 210 cm³/mol. The molecule has 0 spiro atoms. The highest BCUT2D eigenvalue weighted by molar-refractivity contribution is 6.26. The summed E-state index contributed by atoms with van der Waals surface area (Å²) in [5.41, 5.74) is 14.2. The molecule has 8 aromatic carbocycles. The summed E-state index contributed by atoms with van der Waals surface area (Å²) in [5, 5.41) is 7.03. The Morgan fingerprint density at radius 3 is 1.69 bits per heavy atom. The first-order valence-electron chi connectivity index (χ1n) is 17.3. The van der Waals surface area contributed by atoms with Crippen LogP contribution in [0.2, 0.25) is 0 Å². The quantitative estimate of drug-likeness (QED) is 0.191. The van der Waals surface area contributed by atoms with Crippen molar-refractivity contribution < 1.29 is 4.42 Å². The Morgan fingerprint density at radius 1 is 0.333 bits per heavy atom. The molecular formula is C48H28N2O. The van der Waals surface area contributed by atoms with Crippen LogP contribution in [-0.2, 0) is 0 Å². The molecule has 1 aliphatic carbocycles. The van der Waals surface area contributed by atoms with Crippen molar-refractivity contribution in [2.75, 3.05) is 0 Å². The third kappa shape index (κ3) is 4.25. The number of benzene rings is 8. The largest absolute Gasteiger partial charge is 0.455 e. The molecule has 2 aromatic heterocycles.